The number of hydrogen-bond acceptors (Lipinski definition) is 12. The average Bonchev–Trinajstić information content (AvgIpc) is 3.55. The second-order valence-electron chi connectivity index (χ2n) is 10.5. The molecule has 8 atom stereocenters. The van der Waals surface area contributed by atoms with Gasteiger partial charge in [0.15, 0.2) is 0 Å². The third-order valence-corrected chi connectivity index (χ3v) is 9.58. The lowest BCUT2D eigenvalue weighted by atomic mass is 10.1. The van der Waals surface area contributed by atoms with Crippen molar-refractivity contribution in [3.63, 3.8) is 0 Å². The molecule has 2 aliphatic rings. The molecule has 2 fully saturated rings. The summed E-state index contributed by atoms with van der Waals surface area (Å²) >= 11 is 0. The topological polar surface area (TPSA) is 262 Å². The number of aliphatic hydroxyl groups is 1. The van der Waals surface area contributed by atoms with E-state index in [4.69, 9.17) is 18.7 Å². The maximum absolute atomic E-state index is 14.5. The Morgan fingerprint density at radius 3 is 2.18 bits per heavy atom. The van der Waals surface area contributed by atoms with E-state index in [9.17, 15) is 39.2 Å². The van der Waals surface area contributed by atoms with Crippen LogP contribution in [0, 0.1) is 13.8 Å². The number of aryl methyl sites for hydroxylation is 2. The van der Waals surface area contributed by atoms with Crippen LogP contribution < -0.4 is 27.6 Å². The van der Waals surface area contributed by atoms with Crippen molar-refractivity contribution >= 4 is 13.5 Å². The molecule has 4 heterocycles. The van der Waals surface area contributed by atoms with Crippen LogP contribution in [-0.2, 0) is 28.1 Å². The normalized spacial score (nSPS) is 26.9. The van der Waals surface area contributed by atoms with Crippen LogP contribution in [0.2, 0.25) is 0 Å². The number of nitrogens with zero attached hydrogens (tertiary/aromatic N) is 5. The highest BCUT2D eigenvalue weighted by atomic mass is 31.2. The molecule has 0 radical (unpaired) electrons. The second kappa shape index (κ2) is 13.4. The number of aromatic amines is 2. The van der Waals surface area contributed by atoms with E-state index in [0.29, 0.717) is 0 Å². The van der Waals surface area contributed by atoms with E-state index in [2.05, 4.69) is 25.1 Å². The largest absolute Gasteiger partial charge is 0.468 e. The molecule has 0 saturated carbocycles. The third kappa shape index (κ3) is 7.10. The summed E-state index contributed by atoms with van der Waals surface area (Å²) in [5.74, 6) is -0.768. The van der Waals surface area contributed by atoms with Crippen LogP contribution in [0.5, 0.6) is 0 Å². The molecule has 4 N–H and O–H groups in total. The van der Waals surface area contributed by atoms with Gasteiger partial charge in [-0.1, -0.05) is 5.11 Å². The standard InChI is InChI=1S/C24H33N8O11P/c1-11-7-31(23(37)26-20(11)34)18-5-14(28-30-25)17(42-18)10-44(39,29-13(3)22(36)40-4)43-15-6-19(41-16(15)9-33)32-8-12(2)21(35)27-24(32)38/h7-8,13-19,33H,5-6,9-10H2,1-4H3,(H,29,39)(H,26,34,37)(H,27,35,38)/t13-,14+,15+,16-,17-,18-,19-,44?/m1/s1. The first kappa shape index (κ1) is 33.1. The van der Waals surface area contributed by atoms with Gasteiger partial charge in [-0.3, -0.25) is 38.1 Å². The van der Waals surface area contributed by atoms with E-state index >= 15 is 0 Å². The number of azide groups is 1. The number of H-pyrrole nitrogens is 2. The number of nitrogens with one attached hydrogen (secondary N) is 3. The summed E-state index contributed by atoms with van der Waals surface area (Å²) < 4.78 is 39.3. The van der Waals surface area contributed by atoms with Crippen molar-refractivity contribution in [2.45, 2.75) is 76.5 Å². The minimum absolute atomic E-state index is 0.0188. The minimum Gasteiger partial charge on any atom is -0.468 e. The number of esters is 1. The molecule has 0 spiro atoms. The molecule has 2 aromatic heterocycles. The summed E-state index contributed by atoms with van der Waals surface area (Å²) in [6.45, 7) is 3.77. The summed E-state index contributed by atoms with van der Waals surface area (Å²) in [4.78, 5) is 68.1. The summed E-state index contributed by atoms with van der Waals surface area (Å²) in [5, 5.41) is 16.4. The lowest BCUT2D eigenvalue weighted by molar-refractivity contribution is -0.142. The molecule has 2 aromatic rings. The van der Waals surface area contributed by atoms with E-state index in [1.807, 2.05) is 0 Å². The fourth-order valence-corrected chi connectivity index (χ4v) is 7.50. The lowest BCUT2D eigenvalue weighted by Crippen LogP contribution is -2.39. The molecule has 20 heteroatoms. The number of carbonyl (C=O) groups excluding carboxylic acids is 1. The predicted octanol–water partition coefficient (Wildman–Crippen LogP) is -0.321. The Labute approximate surface area is 248 Å². The van der Waals surface area contributed by atoms with Gasteiger partial charge in [0.25, 0.3) is 18.6 Å². The van der Waals surface area contributed by atoms with E-state index in [1.54, 1.807) is 0 Å². The maximum atomic E-state index is 14.5. The number of carbonyl (C=O) groups is 1. The Morgan fingerprint density at radius 2 is 1.66 bits per heavy atom. The monoisotopic (exact) mass is 640 g/mol. The van der Waals surface area contributed by atoms with Crippen LogP contribution in [0.15, 0.2) is 36.7 Å². The third-order valence-electron chi connectivity index (χ3n) is 7.35. The predicted molar refractivity (Wildman–Crippen MR) is 151 cm³/mol. The van der Waals surface area contributed by atoms with Crippen LogP contribution in [0.4, 0.5) is 0 Å². The van der Waals surface area contributed by atoms with Gasteiger partial charge in [0.1, 0.15) is 24.6 Å². The average molecular weight is 641 g/mol. The summed E-state index contributed by atoms with van der Waals surface area (Å²) in [7, 11) is -3.05. The number of aromatic nitrogens is 4. The molecule has 0 aromatic carbocycles. The molecule has 0 aliphatic carbocycles. The van der Waals surface area contributed by atoms with Gasteiger partial charge in [-0.05, 0) is 26.3 Å². The second-order valence-corrected chi connectivity index (χ2v) is 12.7. The van der Waals surface area contributed by atoms with Gasteiger partial charge in [0.05, 0.1) is 38.1 Å². The highest BCUT2D eigenvalue weighted by Gasteiger charge is 2.46. The van der Waals surface area contributed by atoms with E-state index < -0.39 is 91.6 Å². The van der Waals surface area contributed by atoms with Crippen LogP contribution in [0.25, 0.3) is 10.4 Å². The molecular formula is C24H33N8O11P. The van der Waals surface area contributed by atoms with Gasteiger partial charge in [-0.2, -0.15) is 0 Å². The zero-order chi connectivity index (χ0) is 32.3. The first-order chi connectivity index (χ1) is 20.8. The van der Waals surface area contributed by atoms with Crippen LogP contribution >= 0.6 is 7.52 Å². The Hall–Kier alpha value is -3.83. The smallest absolute Gasteiger partial charge is 0.330 e. The van der Waals surface area contributed by atoms with Crippen LogP contribution in [-0.4, -0.2) is 80.5 Å². The van der Waals surface area contributed by atoms with E-state index in [-0.39, 0.29) is 24.0 Å². The van der Waals surface area contributed by atoms with Crippen molar-refractivity contribution in [1.29, 1.82) is 0 Å². The summed E-state index contributed by atoms with van der Waals surface area (Å²) in [6.07, 6.45) is -3.29. The Kier molecular flexibility index (Phi) is 10.1. The molecule has 2 aliphatic heterocycles. The molecule has 0 amide bonds. The zero-order valence-corrected chi connectivity index (χ0v) is 25.1. The molecule has 1 unspecified atom stereocenters. The van der Waals surface area contributed by atoms with E-state index in [0.717, 1.165) is 16.2 Å². The highest BCUT2D eigenvalue weighted by molar-refractivity contribution is 7.57. The first-order valence-corrected chi connectivity index (χ1v) is 15.3. The molecule has 0 bridgehead atoms. The molecule has 4 rings (SSSR count). The minimum atomic E-state index is -4.19. The van der Waals surface area contributed by atoms with Crippen molar-refractivity contribution in [3.8, 4) is 0 Å². The number of rotatable bonds is 11. The summed E-state index contributed by atoms with van der Waals surface area (Å²) in [5.41, 5.74) is 6.95. The van der Waals surface area contributed by atoms with Crippen molar-refractivity contribution in [2.24, 2.45) is 5.11 Å². The zero-order valence-electron chi connectivity index (χ0n) is 24.2. The van der Waals surface area contributed by atoms with Gasteiger partial charge >= 0.3 is 17.3 Å². The molecule has 19 nitrogen and oxygen atoms in total. The van der Waals surface area contributed by atoms with Gasteiger partial charge < -0.3 is 23.8 Å². The van der Waals surface area contributed by atoms with Crippen molar-refractivity contribution in [1.82, 2.24) is 24.2 Å². The van der Waals surface area contributed by atoms with Gasteiger partial charge in [-0.15, -0.1) is 0 Å². The number of hydrogen-bond donors (Lipinski definition) is 4. The first-order valence-electron chi connectivity index (χ1n) is 13.5. The van der Waals surface area contributed by atoms with Crippen LogP contribution in [0.1, 0.15) is 43.3 Å². The summed E-state index contributed by atoms with van der Waals surface area (Å²) in [6, 6.07) is -2.10. The fourth-order valence-electron chi connectivity index (χ4n) is 5.09. The van der Waals surface area contributed by atoms with E-state index in [1.165, 1.54) is 33.2 Å². The number of methoxy groups -OCH3 is 1. The SMILES string of the molecule is COC(=O)[C@@H](C)NP(=O)(C[C@H]1O[C@@H](n2cc(C)c(=O)[nH]c2=O)C[C@@H]1N=[N+]=[N-])O[C@H]1C[C@H](n2cc(C)c(=O)[nH]c2=O)O[C@@H]1CO. The molecule has 44 heavy (non-hydrogen) atoms. The van der Waals surface area contributed by atoms with Gasteiger partial charge in [-0.25, -0.2) is 14.7 Å². The fraction of sp³-hybridized carbons (Fsp3) is 0.625. The Bertz CT molecular complexity index is 1730. The Balaban J connectivity index is 1.64. The molecular weight excluding hydrogens is 607 g/mol. The molecule has 240 valence electrons. The quantitative estimate of drug-likeness (QED) is 0.0810. The van der Waals surface area contributed by atoms with Crippen molar-refractivity contribution in [3.05, 3.63) is 75.6 Å². The number of aliphatic hydroxyl groups excluding tert-OH is 1. The molecule has 2 saturated heterocycles. The van der Waals surface area contributed by atoms with Gasteiger partial charge in [0, 0.05) is 41.3 Å². The lowest BCUT2D eigenvalue weighted by Gasteiger charge is -2.29. The van der Waals surface area contributed by atoms with Crippen molar-refractivity contribution < 1.29 is 33.2 Å². The van der Waals surface area contributed by atoms with Crippen molar-refractivity contribution in [2.75, 3.05) is 19.9 Å². The highest BCUT2D eigenvalue weighted by Crippen LogP contribution is 2.51. The Morgan fingerprint density at radius 1 is 1.11 bits per heavy atom. The van der Waals surface area contributed by atoms with Gasteiger partial charge in [0.2, 0.25) is 0 Å². The van der Waals surface area contributed by atoms with Crippen LogP contribution in [0.3, 0.4) is 0 Å². The number of ether oxygens (including phenoxy) is 3. The maximum Gasteiger partial charge on any atom is 0.330 e.